The Hall–Kier alpha value is -0.0800. The molecule has 1 fully saturated rings. The molecule has 0 bridgehead atoms. The lowest BCUT2D eigenvalue weighted by atomic mass is 10.2. The number of aliphatic hydroxyl groups excluding tert-OH is 1. The van der Waals surface area contributed by atoms with Crippen LogP contribution in [-0.4, -0.2) is 34.2 Å². The highest BCUT2D eigenvalue weighted by Gasteiger charge is 2.47. The van der Waals surface area contributed by atoms with Gasteiger partial charge < -0.3 is 5.11 Å². The van der Waals surface area contributed by atoms with Crippen LogP contribution in [0.25, 0.3) is 0 Å². The molecule has 0 aromatic carbocycles. The van der Waals surface area contributed by atoms with E-state index in [0.29, 0.717) is 18.1 Å². The standard InChI is InChI=1S/C8H17NO/c1-5(2)9-6(3)8(9)7(4)10/h5-8,10H,1-4H3/t6-,7+,8-,9?/m0/s1. The predicted octanol–water partition coefficient (Wildman–Crippen LogP) is 0.848. The van der Waals surface area contributed by atoms with Gasteiger partial charge in [0.15, 0.2) is 0 Å². The van der Waals surface area contributed by atoms with Crippen LogP contribution in [0, 0.1) is 0 Å². The van der Waals surface area contributed by atoms with Crippen molar-refractivity contribution in [3.63, 3.8) is 0 Å². The van der Waals surface area contributed by atoms with Crippen LogP contribution in [-0.2, 0) is 0 Å². The van der Waals surface area contributed by atoms with Crippen LogP contribution in [0.1, 0.15) is 27.7 Å². The summed E-state index contributed by atoms with van der Waals surface area (Å²) in [6.07, 6.45) is -0.169. The summed E-state index contributed by atoms with van der Waals surface area (Å²) in [5.74, 6) is 0. The molecule has 0 aliphatic carbocycles. The first-order chi connectivity index (χ1) is 4.55. The Balaban J connectivity index is 2.41. The fraction of sp³-hybridized carbons (Fsp3) is 1.00. The SMILES string of the molecule is CC(C)N1[C@H]([C@@H](C)O)[C@@H]1C. The van der Waals surface area contributed by atoms with Crippen molar-refractivity contribution in [2.75, 3.05) is 0 Å². The van der Waals surface area contributed by atoms with Crippen LogP contribution in [0.15, 0.2) is 0 Å². The van der Waals surface area contributed by atoms with Gasteiger partial charge in [0, 0.05) is 12.1 Å². The average Bonchev–Trinajstić information content (AvgIpc) is 2.40. The van der Waals surface area contributed by atoms with E-state index in [0.717, 1.165) is 0 Å². The molecule has 0 amide bonds. The van der Waals surface area contributed by atoms with Crippen LogP contribution in [0.4, 0.5) is 0 Å². The molecule has 0 aromatic heterocycles. The van der Waals surface area contributed by atoms with E-state index in [-0.39, 0.29) is 6.10 Å². The van der Waals surface area contributed by atoms with Crippen LogP contribution < -0.4 is 0 Å². The van der Waals surface area contributed by atoms with Crippen molar-refractivity contribution in [3.8, 4) is 0 Å². The zero-order chi connectivity index (χ0) is 7.89. The van der Waals surface area contributed by atoms with Crippen molar-refractivity contribution in [2.24, 2.45) is 0 Å². The Labute approximate surface area is 62.8 Å². The molecule has 0 spiro atoms. The molecule has 1 heterocycles. The summed E-state index contributed by atoms with van der Waals surface area (Å²) in [6, 6.07) is 1.58. The number of hydrogen-bond acceptors (Lipinski definition) is 2. The smallest absolute Gasteiger partial charge is 0.0682 e. The van der Waals surface area contributed by atoms with E-state index in [1.165, 1.54) is 0 Å². The van der Waals surface area contributed by atoms with Crippen molar-refractivity contribution < 1.29 is 5.11 Å². The molecule has 60 valence electrons. The molecule has 2 nitrogen and oxygen atoms in total. The second-order valence-corrected chi connectivity index (χ2v) is 3.51. The van der Waals surface area contributed by atoms with Crippen molar-refractivity contribution >= 4 is 0 Å². The van der Waals surface area contributed by atoms with Crippen LogP contribution in [0.3, 0.4) is 0 Å². The molecule has 2 heteroatoms. The van der Waals surface area contributed by atoms with Crippen molar-refractivity contribution in [1.82, 2.24) is 4.90 Å². The second-order valence-electron chi connectivity index (χ2n) is 3.51. The first-order valence-electron chi connectivity index (χ1n) is 4.01. The molecule has 0 aromatic rings. The van der Waals surface area contributed by atoms with Gasteiger partial charge in [0.1, 0.15) is 0 Å². The van der Waals surface area contributed by atoms with Gasteiger partial charge in [-0.05, 0) is 27.7 Å². The lowest BCUT2D eigenvalue weighted by Crippen LogP contribution is -2.19. The zero-order valence-corrected chi connectivity index (χ0v) is 7.20. The van der Waals surface area contributed by atoms with Gasteiger partial charge in [0.2, 0.25) is 0 Å². The van der Waals surface area contributed by atoms with E-state index in [1.807, 2.05) is 6.92 Å². The van der Waals surface area contributed by atoms with E-state index in [9.17, 15) is 5.11 Å². The maximum atomic E-state index is 9.24. The number of nitrogens with zero attached hydrogens (tertiary/aromatic N) is 1. The fourth-order valence-corrected chi connectivity index (χ4v) is 1.86. The van der Waals surface area contributed by atoms with Gasteiger partial charge in [-0.3, -0.25) is 4.90 Å². The summed E-state index contributed by atoms with van der Waals surface area (Å²) < 4.78 is 0. The molecule has 1 rings (SSSR count). The summed E-state index contributed by atoms with van der Waals surface area (Å²) in [7, 11) is 0. The van der Waals surface area contributed by atoms with Gasteiger partial charge in [0.25, 0.3) is 0 Å². The molecule has 1 saturated heterocycles. The van der Waals surface area contributed by atoms with Gasteiger partial charge in [-0.2, -0.15) is 0 Å². The minimum atomic E-state index is -0.169. The number of aliphatic hydroxyl groups is 1. The second kappa shape index (κ2) is 2.51. The molecule has 4 atom stereocenters. The molecule has 0 radical (unpaired) electrons. The van der Waals surface area contributed by atoms with Crippen LogP contribution >= 0.6 is 0 Å². The molecular weight excluding hydrogens is 126 g/mol. The third-order valence-electron chi connectivity index (χ3n) is 2.31. The van der Waals surface area contributed by atoms with Crippen molar-refractivity contribution in [3.05, 3.63) is 0 Å². The van der Waals surface area contributed by atoms with Crippen molar-refractivity contribution in [1.29, 1.82) is 0 Å². The summed E-state index contributed by atoms with van der Waals surface area (Å²) in [6.45, 7) is 8.36. The largest absolute Gasteiger partial charge is 0.392 e. The first-order valence-corrected chi connectivity index (χ1v) is 4.01. The zero-order valence-electron chi connectivity index (χ0n) is 7.20. The third kappa shape index (κ3) is 1.18. The lowest BCUT2D eigenvalue weighted by Gasteiger charge is -2.08. The normalized spacial score (nSPS) is 42.0. The first kappa shape index (κ1) is 8.02. The van der Waals surface area contributed by atoms with Gasteiger partial charge in [-0.1, -0.05) is 0 Å². The Kier molecular flexibility index (Phi) is 2.02. The van der Waals surface area contributed by atoms with E-state index >= 15 is 0 Å². The van der Waals surface area contributed by atoms with Gasteiger partial charge in [-0.15, -0.1) is 0 Å². The topological polar surface area (TPSA) is 23.2 Å². The van der Waals surface area contributed by atoms with Crippen molar-refractivity contribution in [2.45, 2.75) is 51.9 Å². The van der Waals surface area contributed by atoms with Gasteiger partial charge in [0.05, 0.1) is 12.1 Å². The summed E-state index contributed by atoms with van der Waals surface area (Å²) in [4.78, 5) is 2.32. The van der Waals surface area contributed by atoms with E-state index < -0.39 is 0 Å². The summed E-state index contributed by atoms with van der Waals surface area (Å²) >= 11 is 0. The maximum absolute atomic E-state index is 9.24. The van der Waals surface area contributed by atoms with E-state index in [4.69, 9.17) is 0 Å². The molecular formula is C8H17NO. The monoisotopic (exact) mass is 143 g/mol. The Bertz CT molecular complexity index is 108. The highest BCUT2D eigenvalue weighted by molar-refractivity contribution is 5.03. The molecule has 1 N–H and O–H groups in total. The third-order valence-corrected chi connectivity index (χ3v) is 2.31. The average molecular weight is 143 g/mol. The predicted molar refractivity (Wildman–Crippen MR) is 41.9 cm³/mol. The minimum absolute atomic E-state index is 0.169. The molecule has 1 aliphatic rings. The molecule has 1 aliphatic heterocycles. The fourth-order valence-electron chi connectivity index (χ4n) is 1.86. The maximum Gasteiger partial charge on any atom is 0.0682 e. The highest BCUT2D eigenvalue weighted by atomic mass is 16.3. The minimum Gasteiger partial charge on any atom is -0.392 e. The Morgan fingerprint density at radius 3 is 1.90 bits per heavy atom. The number of rotatable bonds is 2. The number of hydrogen-bond donors (Lipinski definition) is 1. The van der Waals surface area contributed by atoms with Crippen LogP contribution in [0.5, 0.6) is 0 Å². The highest BCUT2D eigenvalue weighted by Crippen LogP contribution is 2.32. The molecule has 10 heavy (non-hydrogen) atoms. The quantitative estimate of drug-likeness (QED) is 0.579. The van der Waals surface area contributed by atoms with Gasteiger partial charge >= 0.3 is 0 Å². The Morgan fingerprint density at radius 1 is 1.30 bits per heavy atom. The van der Waals surface area contributed by atoms with E-state index in [2.05, 4.69) is 25.7 Å². The van der Waals surface area contributed by atoms with Gasteiger partial charge in [-0.25, -0.2) is 0 Å². The van der Waals surface area contributed by atoms with E-state index in [1.54, 1.807) is 0 Å². The lowest BCUT2D eigenvalue weighted by molar-refractivity contribution is 0.168. The molecule has 0 saturated carbocycles. The van der Waals surface area contributed by atoms with Crippen LogP contribution in [0.2, 0.25) is 0 Å². The summed E-state index contributed by atoms with van der Waals surface area (Å²) in [5.41, 5.74) is 0. The molecule has 1 unspecified atom stereocenters. The summed E-state index contributed by atoms with van der Waals surface area (Å²) in [5, 5.41) is 9.24. The Morgan fingerprint density at radius 2 is 1.80 bits per heavy atom.